The van der Waals surface area contributed by atoms with Crippen molar-refractivity contribution >= 4 is 5.91 Å². The van der Waals surface area contributed by atoms with Gasteiger partial charge in [-0.3, -0.25) is 9.48 Å². The summed E-state index contributed by atoms with van der Waals surface area (Å²) < 4.78 is 12.5. The zero-order valence-electron chi connectivity index (χ0n) is 14.4. The second-order valence-electron chi connectivity index (χ2n) is 6.07. The molecule has 128 valence electrons. The molecule has 1 saturated heterocycles. The molecule has 0 unspecified atom stereocenters. The number of nitrogens with zero attached hydrogens (tertiary/aromatic N) is 3. The Hall–Kier alpha value is -2.50. The van der Waals surface area contributed by atoms with Crippen LogP contribution in [0.4, 0.5) is 0 Å². The number of ether oxygens (including phenoxy) is 2. The molecule has 6 nitrogen and oxygen atoms in total. The summed E-state index contributed by atoms with van der Waals surface area (Å²) in [7, 11) is 3.28. The summed E-state index contributed by atoms with van der Waals surface area (Å²) in [6.07, 6.45) is 5.58. The molecule has 0 N–H and O–H groups in total. The van der Waals surface area contributed by atoms with Crippen molar-refractivity contribution in [1.82, 2.24) is 14.7 Å². The highest BCUT2D eigenvalue weighted by molar-refractivity contribution is 5.77. The SMILES string of the molecule is COc1ccc([C@@H]2CCCN2C(=O)Cn2cc(C)cn2)c(OC)c1. The van der Waals surface area contributed by atoms with Gasteiger partial charge in [0.1, 0.15) is 18.0 Å². The van der Waals surface area contributed by atoms with Gasteiger partial charge in [0.05, 0.1) is 26.5 Å². The number of amides is 1. The Balaban J connectivity index is 1.81. The zero-order chi connectivity index (χ0) is 17.1. The fourth-order valence-electron chi connectivity index (χ4n) is 3.27. The van der Waals surface area contributed by atoms with Crippen LogP contribution >= 0.6 is 0 Å². The third kappa shape index (κ3) is 3.22. The first-order chi connectivity index (χ1) is 11.6. The molecule has 2 heterocycles. The third-order valence-corrected chi connectivity index (χ3v) is 4.43. The molecule has 0 bridgehead atoms. The number of hydrogen-bond acceptors (Lipinski definition) is 4. The van der Waals surface area contributed by atoms with E-state index in [1.807, 2.05) is 36.2 Å². The van der Waals surface area contributed by atoms with E-state index in [-0.39, 0.29) is 18.5 Å². The van der Waals surface area contributed by atoms with Crippen LogP contribution in [0.1, 0.15) is 30.0 Å². The van der Waals surface area contributed by atoms with Crippen LogP contribution in [-0.2, 0) is 11.3 Å². The average molecular weight is 329 g/mol. The highest BCUT2D eigenvalue weighted by Crippen LogP contribution is 2.38. The van der Waals surface area contributed by atoms with Crippen LogP contribution in [0.15, 0.2) is 30.6 Å². The first-order valence-corrected chi connectivity index (χ1v) is 8.13. The van der Waals surface area contributed by atoms with Crippen molar-refractivity contribution in [3.8, 4) is 11.5 Å². The highest BCUT2D eigenvalue weighted by atomic mass is 16.5. The van der Waals surface area contributed by atoms with Gasteiger partial charge in [-0.1, -0.05) is 0 Å². The van der Waals surface area contributed by atoms with Gasteiger partial charge in [0, 0.05) is 24.4 Å². The van der Waals surface area contributed by atoms with E-state index in [1.165, 1.54) is 0 Å². The van der Waals surface area contributed by atoms with Crippen molar-refractivity contribution in [1.29, 1.82) is 0 Å². The number of benzene rings is 1. The van der Waals surface area contributed by atoms with Crippen molar-refractivity contribution < 1.29 is 14.3 Å². The van der Waals surface area contributed by atoms with Crippen molar-refractivity contribution in [3.05, 3.63) is 41.7 Å². The quantitative estimate of drug-likeness (QED) is 0.846. The molecule has 1 aromatic carbocycles. The van der Waals surface area contributed by atoms with E-state index in [4.69, 9.17) is 9.47 Å². The molecule has 1 aliphatic rings. The third-order valence-electron chi connectivity index (χ3n) is 4.43. The minimum absolute atomic E-state index is 0.0371. The second kappa shape index (κ2) is 6.95. The van der Waals surface area contributed by atoms with E-state index >= 15 is 0 Å². The molecule has 24 heavy (non-hydrogen) atoms. The van der Waals surface area contributed by atoms with Gasteiger partial charge in [0.15, 0.2) is 0 Å². The van der Waals surface area contributed by atoms with Gasteiger partial charge < -0.3 is 14.4 Å². The first kappa shape index (κ1) is 16.4. The van der Waals surface area contributed by atoms with Crippen molar-refractivity contribution in [3.63, 3.8) is 0 Å². The van der Waals surface area contributed by atoms with Crippen LogP contribution < -0.4 is 9.47 Å². The van der Waals surface area contributed by atoms with E-state index in [9.17, 15) is 4.79 Å². The van der Waals surface area contributed by atoms with Crippen LogP contribution in [0, 0.1) is 6.92 Å². The summed E-state index contributed by atoms with van der Waals surface area (Å²) in [6.45, 7) is 3.00. The van der Waals surface area contributed by atoms with Gasteiger partial charge in [0.2, 0.25) is 5.91 Å². The number of carbonyl (C=O) groups is 1. The molecule has 0 saturated carbocycles. The molecule has 1 aromatic heterocycles. The topological polar surface area (TPSA) is 56.6 Å². The molecule has 3 rings (SSSR count). The summed E-state index contributed by atoms with van der Waals surface area (Å²) in [5, 5.41) is 4.21. The van der Waals surface area contributed by atoms with E-state index in [0.717, 1.165) is 42.0 Å². The van der Waals surface area contributed by atoms with Crippen LogP contribution in [0.5, 0.6) is 11.5 Å². The lowest BCUT2D eigenvalue weighted by Crippen LogP contribution is -2.33. The minimum atomic E-state index is 0.0371. The molecule has 2 aromatic rings. The maximum atomic E-state index is 12.7. The summed E-state index contributed by atoms with van der Waals surface area (Å²) >= 11 is 0. The fraction of sp³-hybridized carbons (Fsp3) is 0.444. The van der Waals surface area contributed by atoms with E-state index in [0.29, 0.717) is 0 Å². The summed E-state index contributed by atoms with van der Waals surface area (Å²) in [5.41, 5.74) is 2.08. The normalized spacial score (nSPS) is 17.1. The van der Waals surface area contributed by atoms with Gasteiger partial charge in [-0.15, -0.1) is 0 Å². The molecule has 6 heteroatoms. The Morgan fingerprint density at radius 2 is 2.17 bits per heavy atom. The van der Waals surface area contributed by atoms with Gasteiger partial charge in [0.25, 0.3) is 0 Å². The number of likely N-dealkylation sites (tertiary alicyclic amines) is 1. The Bertz CT molecular complexity index is 726. The molecule has 0 radical (unpaired) electrons. The molecule has 0 aliphatic carbocycles. The molecule has 1 aliphatic heterocycles. The second-order valence-corrected chi connectivity index (χ2v) is 6.07. The standard InChI is InChI=1S/C18H23N3O3/c1-13-10-19-20(11-13)12-18(22)21-8-4-5-16(21)15-7-6-14(23-2)9-17(15)24-3/h6-7,9-11,16H,4-5,8,12H2,1-3H3/t16-/m0/s1. The molecule has 0 spiro atoms. The Morgan fingerprint density at radius 3 is 2.83 bits per heavy atom. The molecular formula is C18H23N3O3. The fourth-order valence-corrected chi connectivity index (χ4v) is 3.27. The van der Waals surface area contributed by atoms with Crippen molar-refractivity contribution in [2.24, 2.45) is 0 Å². The van der Waals surface area contributed by atoms with Gasteiger partial charge >= 0.3 is 0 Å². The average Bonchev–Trinajstić information content (AvgIpc) is 3.23. The van der Waals surface area contributed by atoms with E-state index in [2.05, 4.69) is 5.10 Å². The van der Waals surface area contributed by atoms with Crippen LogP contribution in [0.2, 0.25) is 0 Å². The van der Waals surface area contributed by atoms with E-state index in [1.54, 1.807) is 25.1 Å². The Morgan fingerprint density at radius 1 is 1.33 bits per heavy atom. The smallest absolute Gasteiger partial charge is 0.244 e. The lowest BCUT2D eigenvalue weighted by molar-refractivity contribution is -0.133. The summed E-state index contributed by atoms with van der Waals surface area (Å²) in [4.78, 5) is 14.7. The number of methoxy groups -OCH3 is 2. The zero-order valence-corrected chi connectivity index (χ0v) is 14.4. The first-order valence-electron chi connectivity index (χ1n) is 8.13. The predicted molar refractivity (Wildman–Crippen MR) is 90.2 cm³/mol. The minimum Gasteiger partial charge on any atom is -0.497 e. The number of rotatable bonds is 5. The highest BCUT2D eigenvalue weighted by Gasteiger charge is 2.32. The molecule has 1 amide bonds. The Kier molecular flexibility index (Phi) is 4.74. The molecule has 1 fully saturated rings. The lowest BCUT2D eigenvalue weighted by Gasteiger charge is -2.26. The number of aromatic nitrogens is 2. The predicted octanol–water partition coefficient (Wildman–Crippen LogP) is 2.57. The number of aryl methyl sites for hydroxylation is 1. The van der Waals surface area contributed by atoms with Gasteiger partial charge in [-0.2, -0.15) is 5.10 Å². The van der Waals surface area contributed by atoms with Gasteiger partial charge in [-0.25, -0.2) is 0 Å². The molecular weight excluding hydrogens is 306 g/mol. The maximum absolute atomic E-state index is 12.7. The summed E-state index contributed by atoms with van der Waals surface area (Å²) in [6, 6.07) is 5.81. The molecule has 1 atom stereocenters. The van der Waals surface area contributed by atoms with Crippen LogP contribution in [-0.4, -0.2) is 41.4 Å². The van der Waals surface area contributed by atoms with Crippen molar-refractivity contribution in [2.45, 2.75) is 32.4 Å². The van der Waals surface area contributed by atoms with Crippen LogP contribution in [0.25, 0.3) is 0 Å². The summed E-state index contributed by atoms with van der Waals surface area (Å²) in [5.74, 6) is 1.59. The Labute approximate surface area is 142 Å². The van der Waals surface area contributed by atoms with Crippen molar-refractivity contribution in [2.75, 3.05) is 20.8 Å². The largest absolute Gasteiger partial charge is 0.497 e. The van der Waals surface area contributed by atoms with Crippen LogP contribution in [0.3, 0.4) is 0 Å². The van der Waals surface area contributed by atoms with E-state index < -0.39 is 0 Å². The monoisotopic (exact) mass is 329 g/mol. The maximum Gasteiger partial charge on any atom is 0.244 e. The van der Waals surface area contributed by atoms with Gasteiger partial charge in [-0.05, 0) is 37.5 Å². The number of hydrogen-bond donors (Lipinski definition) is 0. The lowest BCUT2D eigenvalue weighted by atomic mass is 10.0. The number of carbonyl (C=O) groups excluding carboxylic acids is 1.